The van der Waals surface area contributed by atoms with Crippen molar-refractivity contribution in [3.05, 3.63) is 78.4 Å². The van der Waals surface area contributed by atoms with Crippen LogP contribution in [0.1, 0.15) is 19.4 Å². The van der Waals surface area contributed by atoms with Crippen molar-refractivity contribution in [2.24, 2.45) is 5.10 Å². The number of nitrogens with zero attached hydrogens (tertiary/aromatic N) is 5. The van der Waals surface area contributed by atoms with Gasteiger partial charge in [0.1, 0.15) is 0 Å². The summed E-state index contributed by atoms with van der Waals surface area (Å²) < 4.78 is 4.32. The average Bonchev–Trinajstić information content (AvgIpc) is 3.46. The average molecular weight is 483 g/mol. The molecule has 0 saturated heterocycles. The first-order chi connectivity index (χ1) is 17.2. The van der Waals surface area contributed by atoms with Crippen molar-refractivity contribution in [3.63, 3.8) is 0 Å². The summed E-state index contributed by atoms with van der Waals surface area (Å²) in [7, 11) is 0. The second-order valence-electron chi connectivity index (χ2n) is 8.04. The van der Waals surface area contributed by atoms with Crippen LogP contribution in [0.25, 0.3) is 33.2 Å². The van der Waals surface area contributed by atoms with Crippen LogP contribution in [0.5, 0.6) is 0 Å². The molecule has 0 unspecified atom stereocenters. The maximum atomic E-state index is 12.4. The van der Waals surface area contributed by atoms with E-state index in [2.05, 4.69) is 68.6 Å². The Morgan fingerprint density at radius 2 is 1.66 bits per heavy atom. The van der Waals surface area contributed by atoms with Gasteiger partial charge in [-0.25, -0.2) is 5.43 Å². The van der Waals surface area contributed by atoms with Crippen LogP contribution in [-0.2, 0) is 17.9 Å². The number of aryl methyl sites for hydroxylation is 1. The zero-order valence-corrected chi connectivity index (χ0v) is 20.5. The topological polar surface area (TPSA) is 77.1 Å². The van der Waals surface area contributed by atoms with Crippen molar-refractivity contribution in [1.29, 1.82) is 0 Å². The smallest absolute Gasteiger partial charge is 0.250 e. The first kappa shape index (κ1) is 22.9. The van der Waals surface area contributed by atoms with Gasteiger partial charge < -0.3 is 9.13 Å². The molecule has 0 atom stereocenters. The Hall–Kier alpha value is -3.91. The number of fused-ring (bicyclic) bond motifs is 3. The summed E-state index contributed by atoms with van der Waals surface area (Å²) in [5, 5.41) is 15.9. The van der Waals surface area contributed by atoms with E-state index < -0.39 is 0 Å². The van der Waals surface area contributed by atoms with E-state index in [-0.39, 0.29) is 11.7 Å². The lowest BCUT2D eigenvalue weighted by Gasteiger charge is -2.06. The highest BCUT2D eigenvalue weighted by molar-refractivity contribution is 7.99. The van der Waals surface area contributed by atoms with Gasteiger partial charge in [-0.3, -0.25) is 4.79 Å². The van der Waals surface area contributed by atoms with Crippen LogP contribution in [-0.4, -0.2) is 37.2 Å². The minimum Gasteiger partial charge on any atom is -0.341 e. The SMILES string of the molecule is CCn1c(SCC(=O)N/N=C\c2ccc3c(c2)c2ccccc2n3CC)nnc1-c1ccccc1. The lowest BCUT2D eigenvalue weighted by atomic mass is 10.1. The standard InChI is InChI=1S/C27H26N6OS/c1-3-32-23-13-9-8-12-21(23)22-16-19(14-15-24(22)32)17-28-29-25(34)18-35-27-31-30-26(33(27)4-2)20-10-6-5-7-11-20/h5-17H,3-4,18H2,1-2H3,(H,29,34)/b28-17-. The number of thioether (sulfide) groups is 1. The van der Waals surface area contributed by atoms with Crippen LogP contribution in [0.15, 0.2) is 83.1 Å². The molecule has 2 heterocycles. The zero-order chi connectivity index (χ0) is 24.2. The van der Waals surface area contributed by atoms with Crippen LogP contribution >= 0.6 is 11.8 Å². The Bertz CT molecular complexity index is 1520. The molecule has 1 N–H and O–H groups in total. The van der Waals surface area contributed by atoms with Crippen LogP contribution in [0, 0.1) is 0 Å². The molecule has 2 aromatic heterocycles. The van der Waals surface area contributed by atoms with E-state index in [0.717, 1.165) is 30.0 Å². The summed E-state index contributed by atoms with van der Waals surface area (Å²) >= 11 is 1.35. The van der Waals surface area contributed by atoms with Gasteiger partial charge in [0.05, 0.1) is 12.0 Å². The number of amides is 1. The summed E-state index contributed by atoms with van der Waals surface area (Å²) in [5.74, 6) is 0.809. The molecule has 3 aromatic carbocycles. The number of aromatic nitrogens is 4. The number of carbonyl (C=O) groups is 1. The lowest BCUT2D eigenvalue weighted by molar-refractivity contribution is -0.118. The third-order valence-corrected chi connectivity index (χ3v) is 6.88. The lowest BCUT2D eigenvalue weighted by Crippen LogP contribution is -2.20. The van der Waals surface area contributed by atoms with Crippen LogP contribution in [0.4, 0.5) is 0 Å². The molecule has 176 valence electrons. The molecule has 1 amide bonds. The first-order valence-corrected chi connectivity index (χ1v) is 12.6. The minimum absolute atomic E-state index is 0.193. The monoisotopic (exact) mass is 482 g/mol. The van der Waals surface area contributed by atoms with Crippen molar-refractivity contribution in [3.8, 4) is 11.4 Å². The van der Waals surface area contributed by atoms with E-state index in [0.29, 0.717) is 5.16 Å². The molecular weight excluding hydrogens is 456 g/mol. The second-order valence-corrected chi connectivity index (χ2v) is 8.98. The fourth-order valence-corrected chi connectivity index (χ4v) is 5.11. The van der Waals surface area contributed by atoms with Crippen LogP contribution < -0.4 is 5.43 Å². The molecule has 0 aliphatic heterocycles. The number of hydrogen-bond donors (Lipinski definition) is 1. The maximum absolute atomic E-state index is 12.4. The highest BCUT2D eigenvalue weighted by Gasteiger charge is 2.14. The molecule has 0 aliphatic carbocycles. The minimum atomic E-state index is -0.193. The molecule has 5 aromatic rings. The van der Waals surface area contributed by atoms with E-state index in [4.69, 9.17) is 0 Å². The Labute approximate surface area is 207 Å². The number of para-hydroxylation sites is 1. The van der Waals surface area contributed by atoms with Gasteiger partial charge in [-0.15, -0.1) is 10.2 Å². The van der Waals surface area contributed by atoms with E-state index >= 15 is 0 Å². The highest BCUT2D eigenvalue weighted by atomic mass is 32.2. The second kappa shape index (κ2) is 10.1. The number of hydrogen-bond acceptors (Lipinski definition) is 5. The van der Waals surface area contributed by atoms with Crippen molar-refractivity contribution >= 4 is 45.7 Å². The van der Waals surface area contributed by atoms with Gasteiger partial charge in [-0.2, -0.15) is 5.10 Å². The third-order valence-electron chi connectivity index (χ3n) is 5.91. The maximum Gasteiger partial charge on any atom is 0.250 e. The van der Waals surface area contributed by atoms with Gasteiger partial charge in [0.2, 0.25) is 0 Å². The number of hydrazone groups is 1. The van der Waals surface area contributed by atoms with Gasteiger partial charge in [0.15, 0.2) is 11.0 Å². The summed E-state index contributed by atoms with van der Waals surface area (Å²) in [6.07, 6.45) is 1.68. The molecule has 0 saturated carbocycles. The largest absolute Gasteiger partial charge is 0.341 e. The van der Waals surface area contributed by atoms with Gasteiger partial charge in [-0.05, 0) is 37.6 Å². The van der Waals surface area contributed by atoms with Crippen molar-refractivity contribution < 1.29 is 4.79 Å². The summed E-state index contributed by atoms with van der Waals surface area (Å²) in [4.78, 5) is 12.4. The van der Waals surface area contributed by atoms with Crippen molar-refractivity contribution in [1.82, 2.24) is 24.8 Å². The fourth-order valence-electron chi connectivity index (χ4n) is 4.31. The van der Waals surface area contributed by atoms with Gasteiger partial charge in [-0.1, -0.05) is 66.4 Å². The number of nitrogens with one attached hydrogen (secondary N) is 1. The summed E-state index contributed by atoms with van der Waals surface area (Å²) in [6, 6.07) is 24.6. The normalized spacial score (nSPS) is 11.6. The molecule has 8 heteroatoms. The van der Waals surface area contributed by atoms with Gasteiger partial charge in [0.25, 0.3) is 5.91 Å². The van der Waals surface area contributed by atoms with E-state index in [1.54, 1.807) is 6.21 Å². The highest BCUT2D eigenvalue weighted by Crippen LogP contribution is 2.29. The summed E-state index contributed by atoms with van der Waals surface area (Å²) in [6.45, 7) is 5.82. The zero-order valence-electron chi connectivity index (χ0n) is 19.7. The van der Waals surface area contributed by atoms with E-state index in [9.17, 15) is 4.79 Å². The van der Waals surface area contributed by atoms with Crippen LogP contribution in [0.3, 0.4) is 0 Å². The van der Waals surface area contributed by atoms with Crippen LogP contribution in [0.2, 0.25) is 0 Å². The predicted molar refractivity (Wildman–Crippen MR) is 143 cm³/mol. The molecule has 7 nitrogen and oxygen atoms in total. The molecule has 0 spiro atoms. The Balaban J connectivity index is 1.25. The Morgan fingerprint density at radius 1 is 0.914 bits per heavy atom. The molecule has 0 fully saturated rings. The van der Waals surface area contributed by atoms with E-state index in [1.165, 1.54) is 33.6 Å². The predicted octanol–water partition coefficient (Wildman–Crippen LogP) is 5.34. The quantitative estimate of drug-likeness (QED) is 0.184. The van der Waals surface area contributed by atoms with Crippen molar-refractivity contribution in [2.75, 3.05) is 5.75 Å². The number of benzene rings is 3. The molecular formula is C27H26N6OS. The Morgan fingerprint density at radius 3 is 2.46 bits per heavy atom. The Kier molecular flexibility index (Phi) is 6.63. The molecule has 0 radical (unpaired) electrons. The molecule has 0 aliphatic rings. The molecule has 0 bridgehead atoms. The fraction of sp³-hybridized carbons (Fsp3) is 0.185. The molecule has 35 heavy (non-hydrogen) atoms. The number of rotatable bonds is 8. The third kappa shape index (κ3) is 4.57. The van der Waals surface area contributed by atoms with E-state index in [1.807, 2.05) is 47.9 Å². The summed E-state index contributed by atoms with van der Waals surface area (Å²) in [5.41, 5.74) is 6.98. The van der Waals surface area contributed by atoms with Gasteiger partial charge >= 0.3 is 0 Å². The first-order valence-electron chi connectivity index (χ1n) is 11.6. The van der Waals surface area contributed by atoms with Crippen molar-refractivity contribution in [2.45, 2.75) is 32.1 Å². The number of carbonyl (C=O) groups excluding carboxylic acids is 1. The van der Waals surface area contributed by atoms with Gasteiger partial charge in [0, 0.05) is 40.5 Å². The molecule has 5 rings (SSSR count).